The third kappa shape index (κ3) is 5.77. The summed E-state index contributed by atoms with van der Waals surface area (Å²) in [6.45, 7) is 2.58. The Bertz CT molecular complexity index is 924. The monoisotopic (exact) mass is 434 g/mol. The predicted octanol–water partition coefficient (Wildman–Crippen LogP) is 4.51. The largest absolute Gasteiger partial charge is 0.450 e. The third-order valence-corrected chi connectivity index (χ3v) is 5.34. The van der Waals surface area contributed by atoms with Crippen LogP contribution < -0.4 is 5.32 Å². The normalized spacial score (nSPS) is 18.7. The van der Waals surface area contributed by atoms with Gasteiger partial charge in [-0.2, -0.15) is 0 Å². The number of carbonyl (C=O) groups excluding carboxylic acids is 2. The molecule has 1 saturated heterocycles. The summed E-state index contributed by atoms with van der Waals surface area (Å²) in [6.07, 6.45) is 0.686. The van der Waals surface area contributed by atoms with Gasteiger partial charge >= 0.3 is 6.09 Å². The van der Waals surface area contributed by atoms with Gasteiger partial charge in [-0.15, -0.1) is 0 Å². The Morgan fingerprint density at radius 3 is 2.55 bits per heavy atom. The van der Waals surface area contributed by atoms with Crippen molar-refractivity contribution in [2.75, 3.05) is 13.2 Å². The lowest BCUT2D eigenvalue weighted by molar-refractivity contribution is -0.135. The molecule has 1 N–H and O–H groups in total. The predicted molar refractivity (Wildman–Crippen MR) is 109 cm³/mol. The summed E-state index contributed by atoms with van der Waals surface area (Å²) in [6, 6.07) is 9.80. The van der Waals surface area contributed by atoms with Crippen molar-refractivity contribution in [2.45, 2.75) is 44.7 Å². The van der Waals surface area contributed by atoms with Gasteiger partial charge in [0.1, 0.15) is 5.82 Å². The van der Waals surface area contributed by atoms with Gasteiger partial charge in [-0.25, -0.2) is 18.0 Å². The number of benzene rings is 2. The molecule has 8 heteroatoms. The molecule has 1 aliphatic heterocycles. The molecular formula is C23H25F3N2O3. The van der Waals surface area contributed by atoms with E-state index in [1.54, 1.807) is 4.90 Å². The van der Waals surface area contributed by atoms with E-state index >= 15 is 0 Å². The van der Waals surface area contributed by atoms with Crippen LogP contribution in [0.4, 0.5) is 18.0 Å². The smallest absolute Gasteiger partial charge is 0.407 e. The molecule has 0 spiro atoms. The number of rotatable bonds is 7. The number of carbonyl (C=O) groups is 2. The molecule has 3 rings (SSSR count). The molecule has 0 aromatic heterocycles. The van der Waals surface area contributed by atoms with E-state index in [0.717, 1.165) is 18.1 Å². The van der Waals surface area contributed by atoms with Crippen LogP contribution in [0.25, 0.3) is 0 Å². The molecule has 31 heavy (non-hydrogen) atoms. The summed E-state index contributed by atoms with van der Waals surface area (Å²) in [5.41, 5.74) is 0.753. The van der Waals surface area contributed by atoms with Gasteiger partial charge in [-0.1, -0.05) is 43.7 Å². The fourth-order valence-corrected chi connectivity index (χ4v) is 3.68. The van der Waals surface area contributed by atoms with Crippen molar-refractivity contribution in [3.63, 3.8) is 0 Å². The first-order chi connectivity index (χ1) is 14.9. The second-order valence-corrected chi connectivity index (χ2v) is 7.60. The van der Waals surface area contributed by atoms with Crippen molar-refractivity contribution in [1.82, 2.24) is 10.2 Å². The van der Waals surface area contributed by atoms with Crippen LogP contribution in [-0.2, 0) is 16.1 Å². The molecule has 0 radical (unpaired) electrons. The van der Waals surface area contributed by atoms with Gasteiger partial charge in [-0.3, -0.25) is 4.79 Å². The number of ether oxygens (including phenoxy) is 1. The zero-order chi connectivity index (χ0) is 22.4. The standard InChI is InChI=1S/C23H25F3N2O3/c1-2-3-9-31-23(30)27-21-14-28(13-15-7-5-4-6-8-15)22(29)11-17(21)16-10-19(25)20(26)12-18(16)24/h4-8,10,12,17,21H,2-3,9,11,13-14H2,1H3,(H,27,30)/t17-,21+/m0/s1. The number of unbranched alkanes of at least 4 members (excludes halogenated alkanes) is 1. The van der Waals surface area contributed by atoms with Crippen molar-refractivity contribution in [2.24, 2.45) is 0 Å². The quantitative estimate of drug-likeness (QED) is 0.515. The van der Waals surface area contributed by atoms with Gasteiger partial charge in [0.15, 0.2) is 11.6 Å². The van der Waals surface area contributed by atoms with E-state index in [4.69, 9.17) is 4.74 Å². The summed E-state index contributed by atoms with van der Waals surface area (Å²) in [5.74, 6) is -4.60. The SMILES string of the molecule is CCCCOC(=O)N[C@@H]1CN(Cc2ccccc2)C(=O)C[C@H]1c1cc(F)c(F)cc1F. The van der Waals surface area contributed by atoms with E-state index in [9.17, 15) is 22.8 Å². The van der Waals surface area contributed by atoms with E-state index < -0.39 is 35.5 Å². The number of amides is 2. The highest BCUT2D eigenvalue weighted by molar-refractivity contribution is 5.79. The maximum atomic E-state index is 14.5. The van der Waals surface area contributed by atoms with E-state index in [1.807, 2.05) is 37.3 Å². The van der Waals surface area contributed by atoms with Crippen LogP contribution in [0.2, 0.25) is 0 Å². The Hall–Kier alpha value is -3.03. The topological polar surface area (TPSA) is 58.6 Å². The molecule has 0 unspecified atom stereocenters. The van der Waals surface area contributed by atoms with Crippen molar-refractivity contribution in [3.05, 3.63) is 71.0 Å². The first-order valence-electron chi connectivity index (χ1n) is 10.3. The summed E-state index contributed by atoms with van der Waals surface area (Å²) in [4.78, 5) is 26.6. The summed E-state index contributed by atoms with van der Waals surface area (Å²) in [5, 5.41) is 2.69. The molecule has 2 aromatic carbocycles. The van der Waals surface area contributed by atoms with Crippen LogP contribution in [-0.4, -0.2) is 36.1 Å². The fraction of sp³-hybridized carbons (Fsp3) is 0.391. The van der Waals surface area contributed by atoms with Gasteiger partial charge in [0.05, 0.1) is 12.6 Å². The van der Waals surface area contributed by atoms with Crippen molar-refractivity contribution in [3.8, 4) is 0 Å². The average Bonchev–Trinajstić information content (AvgIpc) is 2.74. The first kappa shape index (κ1) is 22.7. The maximum Gasteiger partial charge on any atom is 0.407 e. The number of hydrogen-bond donors (Lipinski definition) is 1. The number of nitrogens with one attached hydrogen (secondary N) is 1. The molecule has 1 heterocycles. The molecule has 2 aromatic rings. The molecule has 0 bridgehead atoms. The number of alkyl carbamates (subject to hydrolysis) is 1. The molecule has 2 atom stereocenters. The van der Waals surface area contributed by atoms with Crippen molar-refractivity contribution in [1.29, 1.82) is 0 Å². The minimum atomic E-state index is -1.31. The van der Waals surface area contributed by atoms with Gasteiger partial charge < -0.3 is 15.0 Å². The lowest BCUT2D eigenvalue weighted by atomic mass is 9.84. The molecule has 2 amide bonds. The number of likely N-dealkylation sites (tertiary alicyclic amines) is 1. The zero-order valence-electron chi connectivity index (χ0n) is 17.2. The molecule has 166 valence electrons. The van der Waals surface area contributed by atoms with Crippen LogP contribution in [0.3, 0.4) is 0 Å². The number of piperidine rings is 1. The van der Waals surface area contributed by atoms with E-state index in [-0.39, 0.29) is 31.0 Å². The van der Waals surface area contributed by atoms with Gasteiger partial charge in [0, 0.05) is 31.5 Å². The Kier molecular flexibility index (Phi) is 7.55. The zero-order valence-corrected chi connectivity index (χ0v) is 17.2. The Balaban J connectivity index is 1.83. The minimum Gasteiger partial charge on any atom is -0.450 e. The summed E-state index contributed by atoms with van der Waals surface area (Å²) in [7, 11) is 0. The molecule has 5 nitrogen and oxygen atoms in total. The van der Waals surface area contributed by atoms with Crippen LogP contribution in [0.15, 0.2) is 42.5 Å². The van der Waals surface area contributed by atoms with Gasteiger partial charge in [0.25, 0.3) is 0 Å². The minimum absolute atomic E-state index is 0.0830. The molecule has 1 aliphatic rings. The molecular weight excluding hydrogens is 409 g/mol. The highest BCUT2D eigenvalue weighted by Crippen LogP contribution is 2.33. The van der Waals surface area contributed by atoms with Gasteiger partial charge in [0.2, 0.25) is 5.91 Å². The number of halogens is 3. The first-order valence-corrected chi connectivity index (χ1v) is 10.3. The van der Waals surface area contributed by atoms with Crippen LogP contribution in [0, 0.1) is 17.5 Å². The van der Waals surface area contributed by atoms with Crippen LogP contribution in [0.5, 0.6) is 0 Å². The fourth-order valence-electron chi connectivity index (χ4n) is 3.68. The lowest BCUT2D eigenvalue weighted by Gasteiger charge is -2.38. The highest BCUT2D eigenvalue weighted by atomic mass is 19.2. The Labute approximate surface area is 179 Å². The molecule has 0 saturated carbocycles. The van der Waals surface area contributed by atoms with Crippen LogP contribution >= 0.6 is 0 Å². The molecule has 0 aliphatic carbocycles. The second-order valence-electron chi connectivity index (χ2n) is 7.60. The average molecular weight is 434 g/mol. The number of hydrogen-bond acceptors (Lipinski definition) is 3. The summed E-state index contributed by atoms with van der Waals surface area (Å²) < 4.78 is 46.8. The second kappa shape index (κ2) is 10.3. The highest BCUT2D eigenvalue weighted by Gasteiger charge is 2.38. The van der Waals surface area contributed by atoms with Crippen molar-refractivity contribution < 1.29 is 27.5 Å². The Morgan fingerprint density at radius 1 is 1.13 bits per heavy atom. The van der Waals surface area contributed by atoms with E-state index in [2.05, 4.69) is 5.32 Å². The van der Waals surface area contributed by atoms with E-state index in [0.29, 0.717) is 19.0 Å². The van der Waals surface area contributed by atoms with E-state index in [1.165, 1.54) is 0 Å². The third-order valence-electron chi connectivity index (χ3n) is 5.34. The Morgan fingerprint density at radius 2 is 1.84 bits per heavy atom. The maximum absolute atomic E-state index is 14.5. The lowest BCUT2D eigenvalue weighted by Crippen LogP contribution is -2.53. The van der Waals surface area contributed by atoms with Crippen molar-refractivity contribution >= 4 is 12.0 Å². The van der Waals surface area contributed by atoms with Gasteiger partial charge in [-0.05, 0) is 23.6 Å². The number of nitrogens with zero attached hydrogens (tertiary/aromatic N) is 1. The summed E-state index contributed by atoms with van der Waals surface area (Å²) >= 11 is 0. The van der Waals surface area contributed by atoms with Crippen LogP contribution in [0.1, 0.15) is 43.2 Å². The molecule has 1 fully saturated rings.